The Morgan fingerprint density at radius 1 is 1.30 bits per heavy atom. The molecule has 23 heavy (non-hydrogen) atoms. The summed E-state index contributed by atoms with van der Waals surface area (Å²) in [5, 5.41) is 14.2. The third-order valence-corrected chi connectivity index (χ3v) is 3.38. The first kappa shape index (κ1) is 16.8. The second kappa shape index (κ2) is 7.60. The Kier molecular flexibility index (Phi) is 5.54. The first-order valence-corrected chi connectivity index (χ1v) is 7.26. The van der Waals surface area contributed by atoms with Crippen molar-refractivity contribution >= 4 is 23.2 Å². The van der Waals surface area contributed by atoms with E-state index in [4.69, 9.17) is 16.3 Å². The molecule has 2 aromatic rings. The highest BCUT2D eigenvalue weighted by molar-refractivity contribution is 6.30. The molecule has 0 saturated carbocycles. The van der Waals surface area contributed by atoms with Crippen molar-refractivity contribution < 1.29 is 14.5 Å². The van der Waals surface area contributed by atoms with Gasteiger partial charge in [-0.25, -0.2) is 0 Å². The molecule has 2 rings (SSSR count). The summed E-state index contributed by atoms with van der Waals surface area (Å²) in [5.41, 5.74) is 0.680. The maximum atomic E-state index is 11.9. The fraction of sp³-hybridized carbons (Fsp3) is 0.188. The smallest absolute Gasteiger partial charge is 0.310 e. The maximum absolute atomic E-state index is 11.9. The number of nitrogens with zero attached hydrogens (tertiary/aromatic N) is 1. The van der Waals surface area contributed by atoms with Gasteiger partial charge in [0.15, 0.2) is 12.4 Å². The van der Waals surface area contributed by atoms with Crippen molar-refractivity contribution in [2.24, 2.45) is 0 Å². The fourth-order valence-electron chi connectivity index (χ4n) is 2.02. The number of amides is 1. The van der Waals surface area contributed by atoms with E-state index in [0.717, 1.165) is 5.56 Å². The predicted octanol–water partition coefficient (Wildman–Crippen LogP) is 3.50. The van der Waals surface area contributed by atoms with Gasteiger partial charge in [0.05, 0.1) is 11.0 Å². The molecule has 0 unspecified atom stereocenters. The molecule has 0 aliphatic carbocycles. The zero-order chi connectivity index (χ0) is 16.8. The normalized spacial score (nSPS) is 11.6. The van der Waals surface area contributed by atoms with E-state index in [0.29, 0.717) is 5.02 Å². The topological polar surface area (TPSA) is 81.5 Å². The monoisotopic (exact) mass is 334 g/mol. The van der Waals surface area contributed by atoms with Crippen molar-refractivity contribution in [3.8, 4) is 5.75 Å². The lowest BCUT2D eigenvalue weighted by Crippen LogP contribution is -2.31. The highest BCUT2D eigenvalue weighted by atomic mass is 35.5. The first-order valence-electron chi connectivity index (χ1n) is 6.88. The quantitative estimate of drug-likeness (QED) is 0.647. The highest BCUT2D eigenvalue weighted by Gasteiger charge is 2.16. The number of ether oxygens (including phenoxy) is 1. The zero-order valence-corrected chi connectivity index (χ0v) is 13.1. The van der Waals surface area contributed by atoms with Gasteiger partial charge in [-0.1, -0.05) is 35.9 Å². The van der Waals surface area contributed by atoms with Crippen molar-refractivity contribution in [1.29, 1.82) is 0 Å². The number of para-hydroxylation sites is 2. The molecule has 0 saturated heterocycles. The molecule has 1 amide bonds. The zero-order valence-electron chi connectivity index (χ0n) is 12.4. The average Bonchev–Trinajstić information content (AvgIpc) is 2.53. The van der Waals surface area contributed by atoms with Crippen LogP contribution in [0.25, 0.3) is 0 Å². The molecular weight excluding hydrogens is 320 g/mol. The molecule has 0 spiro atoms. The van der Waals surface area contributed by atoms with Gasteiger partial charge in [-0.15, -0.1) is 0 Å². The third kappa shape index (κ3) is 4.69. The summed E-state index contributed by atoms with van der Waals surface area (Å²) < 4.78 is 5.24. The fourth-order valence-corrected chi connectivity index (χ4v) is 2.21. The van der Waals surface area contributed by atoms with Crippen molar-refractivity contribution in [2.75, 3.05) is 6.61 Å². The number of nitro groups is 1. The lowest BCUT2D eigenvalue weighted by molar-refractivity contribution is -0.385. The van der Waals surface area contributed by atoms with Gasteiger partial charge in [-0.2, -0.15) is 0 Å². The van der Waals surface area contributed by atoms with Crippen molar-refractivity contribution in [3.05, 3.63) is 69.2 Å². The molecule has 0 fully saturated rings. The molecule has 0 aliphatic heterocycles. The van der Waals surface area contributed by atoms with E-state index < -0.39 is 4.92 Å². The van der Waals surface area contributed by atoms with Gasteiger partial charge in [0, 0.05) is 11.1 Å². The van der Waals surface area contributed by atoms with E-state index in [1.165, 1.54) is 18.2 Å². The van der Waals surface area contributed by atoms with Gasteiger partial charge in [0.25, 0.3) is 5.91 Å². The number of hydrogen-bond donors (Lipinski definition) is 1. The van der Waals surface area contributed by atoms with Crippen LogP contribution in [0.2, 0.25) is 5.02 Å². The Bertz CT molecular complexity index is 721. The summed E-state index contributed by atoms with van der Waals surface area (Å²) in [6.07, 6.45) is 0. The number of rotatable bonds is 6. The number of halogens is 1. The summed E-state index contributed by atoms with van der Waals surface area (Å²) in [7, 11) is 0. The summed E-state index contributed by atoms with van der Waals surface area (Å²) in [6.45, 7) is 1.50. The van der Waals surface area contributed by atoms with E-state index in [2.05, 4.69) is 5.32 Å². The SMILES string of the molecule is C[C@H](NC(=O)COc1ccccc1[N+](=O)[O-])c1cccc(Cl)c1. The van der Waals surface area contributed by atoms with Crippen LogP contribution in [-0.2, 0) is 4.79 Å². The summed E-state index contributed by atoms with van der Waals surface area (Å²) in [5.74, 6) is -0.321. The number of nitro benzene ring substituents is 1. The Hall–Kier alpha value is -2.60. The molecular formula is C16H15ClN2O4. The second-order valence-electron chi connectivity index (χ2n) is 4.86. The van der Waals surface area contributed by atoms with Crippen LogP contribution in [0.5, 0.6) is 5.75 Å². The van der Waals surface area contributed by atoms with Crippen molar-refractivity contribution in [1.82, 2.24) is 5.32 Å². The highest BCUT2D eigenvalue weighted by Crippen LogP contribution is 2.25. The minimum Gasteiger partial charge on any atom is -0.477 e. The van der Waals surface area contributed by atoms with E-state index in [-0.39, 0.29) is 30.0 Å². The van der Waals surface area contributed by atoms with Crippen LogP contribution in [0.4, 0.5) is 5.69 Å². The summed E-state index contributed by atoms with van der Waals surface area (Å²) in [4.78, 5) is 22.2. The van der Waals surface area contributed by atoms with E-state index in [1.807, 2.05) is 13.0 Å². The molecule has 1 N–H and O–H groups in total. The van der Waals surface area contributed by atoms with Crippen LogP contribution in [0.1, 0.15) is 18.5 Å². The van der Waals surface area contributed by atoms with Crippen LogP contribution >= 0.6 is 11.6 Å². The number of hydrogen-bond acceptors (Lipinski definition) is 4. The molecule has 0 radical (unpaired) electrons. The molecule has 0 aliphatic rings. The maximum Gasteiger partial charge on any atom is 0.310 e. The van der Waals surface area contributed by atoms with Gasteiger partial charge in [-0.3, -0.25) is 14.9 Å². The van der Waals surface area contributed by atoms with E-state index >= 15 is 0 Å². The Labute approximate surface area is 138 Å². The van der Waals surface area contributed by atoms with E-state index in [9.17, 15) is 14.9 Å². The third-order valence-electron chi connectivity index (χ3n) is 3.15. The molecule has 120 valence electrons. The van der Waals surface area contributed by atoms with Crippen molar-refractivity contribution in [2.45, 2.75) is 13.0 Å². The van der Waals surface area contributed by atoms with Crippen LogP contribution in [0.3, 0.4) is 0 Å². The number of benzene rings is 2. The van der Waals surface area contributed by atoms with Gasteiger partial charge in [-0.05, 0) is 30.7 Å². The average molecular weight is 335 g/mol. The van der Waals surface area contributed by atoms with Crippen LogP contribution in [-0.4, -0.2) is 17.4 Å². The van der Waals surface area contributed by atoms with Crippen molar-refractivity contribution in [3.63, 3.8) is 0 Å². The number of carbonyl (C=O) groups is 1. The summed E-state index contributed by atoms with van der Waals surface area (Å²) >= 11 is 5.91. The molecule has 0 heterocycles. The molecule has 1 atom stereocenters. The largest absolute Gasteiger partial charge is 0.477 e. The minimum absolute atomic E-state index is 0.0584. The van der Waals surface area contributed by atoms with E-state index in [1.54, 1.807) is 24.3 Å². The lowest BCUT2D eigenvalue weighted by Gasteiger charge is -2.15. The Balaban J connectivity index is 1.94. The number of nitrogens with one attached hydrogen (secondary N) is 1. The van der Waals surface area contributed by atoms with Crippen LogP contribution < -0.4 is 10.1 Å². The second-order valence-corrected chi connectivity index (χ2v) is 5.29. The molecule has 6 nitrogen and oxygen atoms in total. The predicted molar refractivity (Wildman–Crippen MR) is 86.6 cm³/mol. The first-order chi connectivity index (χ1) is 11.0. The number of carbonyl (C=O) groups excluding carboxylic acids is 1. The Morgan fingerprint density at radius 3 is 2.74 bits per heavy atom. The molecule has 2 aromatic carbocycles. The van der Waals surface area contributed by atoms with Crippen LogP contribution in [0, 0.1) is 10.1 Å². The van der Waals surface area contributed by atoms with Gasteiger partial charge in [0.1, 0.15) is 0 Å². The Morgan fingerprint density at radius 2 is 2.04 bits per heavy atom. The molecule has 0 aromatic heterocycles. The van der Waals surface area contributed by atoms with Gasteiger partial charge < -0.3 is 10.1 Å². The lowest BCUT2D eigenvalue weighted by atomic mass is 10.1. The summed E-state index contributed by atoms with van der Waals surface area (Å²) in [6, 6.07) is 12.8. The standard InChI is InChI=1S/C16H15ClN2O4/c1-11(12-5-4-6-13(17)9-12)18-16(20)10-23-15-8-3-2-7-14(15)19(21)22/h2-9,11H,10H2,1H3,(H,18,20)/t11-/m0/s1. The van der Waals surface area contributed by atoms with Crippen LogP contribution in [0.15, 0.2) is 48.5 Å². The van der Waals surface area contributed by atoms with Gasteiger partial charge >= 0.3 is 5.69 Å². The minimum atomic E-state index is -0.554. The molecule has 0 bridgehead atoms. The van der Waals surface area contributed by atoms with Gasteiger partial charge in [0.2, 0.25) is 0 Å². The molecule has 7 heteroatoms.